The first-order valence-corrected chi connectivity index (χ1v) is 11.0. The van der Waals surface area contributed by atoms with Crippen molar-refractivity contribution in [3.8, 4) is 11.3 Å². The smallest absolute Gasteiger partial charge is 0.190 e. The highest BCUT2D eigenvalue weighted by molar-refractivity contribution is 7.98. The molecule has 1 aromatic heterocycles. The highest BCUT2D eigenvalue weighted by Gasteiger charge is 2.20. The molecule has 0 spiro atoms. The van der Waals surface area contributed by atoms with Gasteiger partial charge in [-0.1, -0.05) is 60.3 Å². The Morgan fingerprint density at radius 3 is 2.57 bits per heavy atom. The Morgan fingerprint density at radius 2 is 1.83 bits per heavy atom. The summed E-state index contributed by atoms with van der Waals surface area (Å²) in [5, 5.41) is 11.8. The zero-order valence-corrected chi connectivity index (χ0v) is 17.7. The molecular formula is C23H24N4O2S. The van der Waals surface area contributed by atoms with Gasteiger partial charge in [0, 0.05) is 17.4 Å². The molecule has 0 atom stereocenters. The number of hydrogen-bond acceptors (Lipinski definition) is 6. The molecule has 7 heteroatoms. The number of carbonyl (C=O) groups excluding carboxylic acids is 1. The standard InChI is InChI=1S/C23H24N4O2S/c1-26-10-12-27(13-11-26)21-15-20(18-7-3-2-4-8-18)24-23(25-21)30-16-17-6-5-9-19(14-17)22(28)29/h2-9,14-15H,10-13,16H2,1H3,(H,28,29). The summed E-state index contributed by atoms with van der Waals surface area (Å²) in [6.07, 6.45) is 0. The summed E-state index contributed by atoms with van der Waals surface area (Å²) in [6, 6.07) is 19.0. The zero-order chi connectivity index (χ0) is 20.9. The maximum atomic E-state index is 11.1. The Bertz CT molecular complexity index is 1020. The van der Waals surface area contributed by atoms with Gasteiger partial charge >= 0.3 is 0 Å². The van der Waals surface area contributed by atoms with Crippen LogP contribution in [0.4, 0.5) is 5.82 Å². The van der Waals surface area contributed by atoms with E-state index in [1.807, 2.05) is 24.3 Å². The van der Waals surface area contributed by atoms with Crippen LogP contribution in [0.3, 0.4) is 0 Å². The minimum Gasteiger partial charge on any atom is -0.545 e. The van der Waals surface area contributed by atoms with E-state index >= 15 is 0 Å². The van der Waals surface area contributed by atoms with Crippen LogP contribution in [0.1, 0.15) is 15.9 Å². The number of anilines is 1. The number of carbonyl (C=O) groups is 1. The maximum Gasteiger partial charge on any atom is 0.190 e. The maximum absolute atomic E-state index is 11.1. The Labute approximate surface area is 180 Å². The van der Waals surface area contributed by atoms with E-state index in [9.17, 15) is 9.90 Å². The predicted octanol–water partition coefficient (Wildman–Crippen LogP) is 1.13. The predicted molar refractivity (Wildman–Crippen MR) is 117 cm³/mol. The van der Waals surface area contributed by atoms with Crippen molar-refractivity contribution in [2.75, 3.05) is 38.1 Å². The molecule has 30 heavy (non-hydrogen) atoms. The fourth-order valence-electron chi connectivity index (χ4n) is 3.45. The molecule has 1 saturated heterocycles. The first-order chi connectivity index (χ1) is 14.6. The summed E-state index contributed by atoms with van der Waals surface area (Å²) in [5.74, 6) is 0.372. The number of carboxylic acid groups (broad SMARTS) is 1. The lowest BCUT2D eigenvalue weighted by Gasteiger charge is -2.31. The van der Waals surface area contributed by atoms with Crippen molar-refractivity contribution >= 4 is 23.5 Å². The fourth-order valence-corrected chi connectivity index (χ4v) is 4.25. The molecule has 2 heterocycles. The van der Waals surface area contributed by atoms with E-state index in [0.29, 0.717) is 10.9 Å². The summed E-state index contributed by atoms with van der Waals surface area (Å²) in [4.78, 5) is 24.6. The Morgan fingerprint density at radius 1 is 1.07 bits per heavy atom. The van der Waals surface area contributed by atoms with E-state index in [2.05, 4.69) is 30.1 Å². The van der Waals surface area contributed by atoms with Crippen LogP contribution >= 0.6 is 11.8 Å². The third kappa shape index (κ3) is 4.98. The number of aromatic carboxylic acids is 1. The average Bonchev–Trinajstić information content (AvgIpc) is 2.79. The molecule has 3 aromatic rings. The Kier molecular flexibility index (Phi) is 6.30. The summed E-state index contributed by atoms with van der Waals surface area (Å²) in [7, 11) is 2.22. The number of aromatic nitrogens is 2. The third-order valence-electron chi connectivity index (χ3n) is 5.23. The van der Waals surface area contributed by atoms with Gasteiger partial charge in [0.05, 0.1) is 44.9 Å². The first-order valence-electron chi connectivity index (χ1n) is 10.0. The number of benzene rings is 2. The molecule has 4 rings (SSSR count). The highest BCUT2D eigenvalue weighted by atomic mass is 32.2. The van der Waals surface area contributed by atoms with Gasteiger partial charge in [0.2, 0.25) is 0 Å². The number of quaternary nitrogens is 1. The van der Waals surface area contributed by atoms with Crippen molar-refractivity contribution in [3.63, 3.8) is 0 Å². The van der Waals surface area contributed by atoms with Gasteiger partial charge in [-0.3, -0.25) is 0 Å². The van der Waals surface area contributed by atoms with Gasteiger partial charge in [-0.2, -0.15) is 0 Å². The van der Waals surface area contributed by atoms with E-state index in [1.165, 1.54) is 16.7 Å². The molecular weight excluding hydrogens is 396 g/mol. The summed E-state index contributed by atoms with van der Waals surface area (Å²) in [6.45, 7) is 4.11. The van der Waals surface area contributed by atoms with Gasteiger partial charge in [0.1, 0.15) is 5.82 Å². The van der Waals surface area contributed by atoms with E-state index < -0.39 is 5.97 Å². The molecule has 0 saturated carbocycles. The minimum absolute atomic E-state index is 0.188. The van der Waals surface area contributed by atoms with Crippen LogP contribution in [0, 0.1) is 0 Å². The quantitative estimate of drug-likeness (QED) is 0.476. The zero-order valence-electron chi connectivity index (χ0n) is 16.9. The second kappa shape index (κ2) is 9.28. The highest BCUT2D eigenvalue weighted by Crippen LogP contribution is 2.27. The number of nitrogens with zero attached hydrogens (tertiary/aromatic N) is 3. The van der Waals surface area contributed by atoms with Crippen molar-refractivity contribution in [2.24, 2.45) is 0 Å². The van der Waals surface area contributed by atoms with E-state index in [0.717, 1.165) is 48.8 Å². The van der Waals surface area contributed by atoms with Gasteiger partial charge < -0.3 is 19.7 Å². The van der Waals surface area contributed by atoms with Crippen molar-refractivity contribution in [3.05, 3.63) is 71.8 Å². The van der Waals surface area contributed by atoms with E-state index in [4.69, 9.17) is 9.97 Å². The second-order valence-corrected chi connectivity index (χ2v) is 8.42. The molecule has 0 bridgehead atoms. The molecule has 0 aliphatic carbocycles. The van der Waals surface area contributed by atoms with Crippen molar-refractivity contribution in [1.82, 2.24) is 9.97 Å². The lowest BCUT2D eigenvalue weighted by Crippen LogP contribution is -3.12. The molecule has 1 aliphatic rings. The van der Waals surface area contributed by atoms with Crippen LogP contribution in [0.25, 0.3) is 11.3 Å². The van der Waals surface area contributed by atoms with Gasteiger partial charge in [0.25, 0.3) is 0 Å². The SMILES string of the molecule is C[NH+]1CCN(c2cc(-c3ccccc3)nc(SCc3cccc(C(=O)[O-])c3)n2)CC1. The molecule has 0 amide bonds. The van der Waals surface area contributed by atoms with Crippen LogP contribution in [-0.2, 0) is 5.75 Å². The number of nitrogens with one attached hydrogen (secondary N) is 1. The van der Waals surface area contributed by atoms with Crippen molar-refractivity contribution in [1.29, 1.82) is 0 Å². The van der Waals surface area contributed by atoms with E-state index in [1.54, 1.807) is 18.2 Å². The molecule has 1 fully saturated rings. The molecule has 1 N–H and O–H groups in total. The van der Waals surface area contributed by atoms with Crippen molar-refractivity contribution in [2.45, 2.75) is 10.9 Å². The third-order valence-corrected chi connectivity index (χ3v) is 6.15. The van der Waals surface area contributed by atoms with Gasteiger partial charge in [-0.25, -0.2) is 9.97 Å². The van der Waals surface area contributed by atoms with Crippen LogP contribution in [0.15, 0.2) is 65.8 Å². The van der Waals surface area contributed by atoms with E-state index in [-0.39, 0.29) is 5.56 Å². The van der Waals surface area contributed by atoms with Gasteiger partial charge in [-0.05, 0) is 17.2 Å². The van der Waals surface area contributed by atoms with Gasteiger partial charge in [-0.15, -0.1) is 0 Å². The molecule has 154 valence electrons. The van der Waals surface area contributed by atoms with Crippen LogP contribution in [0.5, 0.6) is 0 Å². The monoisotopic (exact) mass is 420 g/mol. The molecule has 0 radical (unpaired) electrons. The lowest BCUT2D eigenvalue weighted by molar-refractivity contribution is -0.880. The largest absolute Gasteiger partial charge is 0.545 e. The normalized spacial score (nSPS) is 14.6. The number of carboxylic acids is 1. The fraction of sp³-hybridized carbons (Fsp3) is 0.261. The summed E-state index contributed by atoms with van der Waals surface area (Å²) < 4.78 is 0. The number of piperazine rings is 1. The van der Waals surface area contributed by atoms with Gasteiger partial charge in [0.15, 0.2) is 5.16 Å². The number of thioether (sulfide) groups is 1. The molecule has 1 aliphatic heterocycles. The van der Waals surface area contributed by atoms with Crippen molar-refractivity contribution < 1.29 is 14.8 Å². The molecule has 6 nitrogen and oxygen atoms in total. The first kappa shape index (κ1) is 20.4. The number of hydrogen-bond donors (Lipinski definition) is 1. The molecule has 0 unspecified atom stereocenters. The Hall–Kier alpha value is -2.90. The Balaban J connectivity index is 1.60. The van der Waals surface area contributed by atoms with Crippen LogP contribution < -0.4 is 14.9 Å². The summed E-state index contributed by atoms with van der Waals surface area (Å²) in [5.41, 5.74) is 3.05. The van der Waals surface area contributed by atoms with Crippen LogP contribution in [-0.4, -0.2) is 49.2 Å². The lowest BCUT2D eigenvalue weighted by atomic mass is 10.1. The number of likely N-dealkylation sites (N-methyl/N-ethyl adjacent to an activating group) is 1. The molecule has 2 aromatic carbocycles. The van der Waals surface area contributed by atoms with Crippen LogP contribution in [0.2, 0.25) is 0 Å². The summed E-state index contributed by atoms with van der Waals surface area (Å²) >= 11 is 1.51. The minimum atomic E-state index is -1.16. The average molecular weight is 421 g/mol. The number of rotatable bonds is 6. The second-order valence-electron chi connectivity index (χ2n) is 7.48. The topological polar surface area (TPSA) is 73.6 Å².